The van der Waals surface area contributed by atoms with Crippen molar-refractivity contribution in [2.24, 2.45) is 0 Å². The smallest absolute Gasteiger partial charge is 0.251 e. The number of nitrogens with one attached hydrogen (secondary N) is 1. The van der Waals surface area contributed by atoms with Crippen LogP contribution in [0.4, 0.5) is 0 Å². The molecule has 5 nitrogen and oxygen atoms in total. The zero-order chi connectivity index (χ0) is 18.1. The van der Waals surface area contributed by atoms with Crippen LogP contribution in [0.5, 0.6) is 17.2 Å². The summed E-state index contributed by atoms with van der Waals surface area (Å²) in [6.45, 7) is 3.19. The first-order chi connectivity index (χ1) is 12.2. The Morgan fingerprint density at radius 2 is 1.76 bits per heavy atom. The first-order valence-electron chi connectivity index (χ1n) is 8.40. The molecular formula is C20H25NO4. The lowest BCUT2D eigenvalue weighted by Gasteiger charge is -2.12. The van der Waals surface area contributed by atoms with Crippen molar-refractivity contribution in [3.63, 3.8) is 0 Å². The largest absolute Gasteiger partial charge is 0.497 e. The molecule has 2 rings (SSSR count). The quantitative estimate of drug-likeness (QED) is 0.704. The summed E-state index contributed by atoms with van der Waals surface area (Å²) in [6, 6.07) is 12.8. The summed E-state index contributed by atoms with van der Waals surface area (Å²) in [5, 5.41) is 2.90. The Bertz CT molecular complexity index is 683. The van der Waals surface area contributed by atoms with Gasteiger partial charge in [-0.2, -0.15) is 0 Å². The summed E-state index contributed by atoms with van der Waals surface area (Å²) >= 11 is 0. The van der Waals surface area contributed by atoms with Crippen LogP contribution in [0, 0.1) is 0 Å². The molecule has 0 saturated heterocycles. The molecule has 0 aliphatic rings. The minimum Gasteiger partial charge on any atom is -0.497 e. The average molecular weight is 343 g/mol. The van der Waals surface area contributed by atoms with E-state index in [0.29, 0.717) is 30.2 Å². The van der Waals surface area contributed by atoms with Crippen molar-refractivity contribution in [3.05, 3.63) is 53.6 Å². The summed E-state index contributed by atoms with van der Waals surface area (Å²) in [5.74, 6) is 1.85. The molecule has 0 atom stereocenters. The third-order valence-corrected chi connectivity index (χ3v) is 3.79. The number of carbonyl (C=O) groups excluding carboxylic acids is 1. The fraction of sp³-hybridized carbons (Fsp3) is 0.350. The summed E-state index contributed by atoms with van der Waals surface area (Å²) in [6.07, 6.45) is 2.04. The van der Waals surface area contributed by atoms with Crippen molar-refractivity contribution >= 4 is 5.91 Å². The molecule has 0 unspecified atom stereocenters. The molecule has 5 heteroatoms. The van der Waals surface area contributed by atoms with E-state index < -0.39 is 0 Å². The Hall–Kier alpha value is -2.69. The Labute approximate surface area is 148 Å². The van der Waals surface area contributed by atoms with Gasteiger partial charge in [-0.1, -0.05) is 25.5 Å². The number of hydrogen-bond acceptors (Lipinski definition) is 4. The number of benzene rings is 2. The van der Waals surface area contributed by atoms with Gasteiger partial charge in [0.1, 0.15) is 5.75 Å². The zero-order valence-electron chi connectivity index (χ0n) is 15.0. The number of unbranched alkanes of at least 4 members (excludes halogenated alkanes) is 1. The van der Waals surface area contributed by atoms with Crippen LogP contribution in [0.2, 0.25) is 0 Å². The number of amides is 1. The predicted octanol–water partition coefficient (Wildman–Crippen LogP) is 3.81. The van der Waals surface area contributed by atoms with Crippen molar-refractivity contribution in [3.8, 4) is 17.2 Å². The van der Waals surface area contributed by atoms with Gasteiger partial charge < -0.3 is 19.5 Å². The Morgan fingerprint density at radius 3 is 2.40 bits per heavy atom. The van der Waals surface area contributed by atoms with E-state index in [9.17, 15) is 4.79 Å². The van der Waals surface area contributed by atoms with Gasteiger partial charge in [-0.05, 0) is 42.3 Å². The minimum absolute atomic E-state index is 0.158. The molecule has 0 saturated carbocycles. The van der Waals surface area contributed by atoms with Crippen molar-refractivity contribution in [1.82, 2.24) is 5.32 Å². The van der Waals surface area contributed by atoms with Crippen LogP contribution >= 0.6 is 0 Å². The van der Waals surface area contributed by atoms with Gasteiger partial charge in [0.15, 0.2) is 11.5 Å². The van der Waals surface area contributed by atoms with Gasteiger partial charge in [0.25, 0.3) is 5.91 Å². The highest BCUT2D eigenvalue weighted by atomic mass is 16.5. The third-order valence-electron chi connectivity index (χ3n) is 3.79. The second kappa shape index (κ2) is 9.57. The van der Waals surface area contributed by atoms with Gasteiger partial charge in [-0.15, -0.1) is 0 Å². The van der Waals surface area contributed by atoms with Gasteiger partial charge in [-0.3, -0.25) is 4.79 Å². The van der Waals surface area contributed by atoms with Gasteiger partial charge >= 0.3 is 0 Å². The van der Waals surface area contributed by atoms with Gasteiger partial charge in [-0.25, -0.2) is 0 Å². The van der Waals surface area contributed by atoms with E-state index >= 15 is 0 Å². The molecule has 0 aromatic heterocycles. The maximum atomic E-state index is 12.3. The van der Waals surface area contributed by atoms with Gasteiger partial charge in [0.05, 0.1) is 20.8 Å². The standard InChI is InChI=1S/C20H25NO4/c1-4-5-12-25-18-11-8-16(13-19(18)24-3)20(22)21-14-15-6-9-17(23-2)10-7-15/h6-11,13H,4-5,12,14H2,1-3H3,(H,21,22). The number of rotatable bonds is 9. The predicted molar refractivity (Wildman–Crippen MR) is 97.6 cm³/mol. The van der Waals surface area contributed by atoms with E-state index in [0.717, 1.165) is 24.2 Å². The van der Waals surface area contributed by atoms with E-state index in [1.54, 1.807) is 32.4 Å². The molecule has 0 aliphatic heterocycles. The Balaban J connectivity index is 1.98. The summed E-state index contributed by atoms with van der Waals surface area (Å²) < 4.78 is 16.1. The fourth-order valence-electron chi connectivity index (χ4n) is 2.28. The summed E-state index contributed by atoms with van der Waals surface area (Å²) in [7, 11) is 3.20. The molecule has 2 aromatic carbocycles. The van der Waals surface area contributed by atoms with Gasteiger partial charge in [0.2, 0.25) is 0 Å². The maximum absolute atomic E-state index is 12.3. The second-order valence-corrected chi connectivity index (χ2v) is 5.60. The highest BCUT2D eigenvalue weighted by Gasteiger charge is 2.11. The fourth-order valence-corrected chi connectivity index (χ4v) is 2.28. The van der Waals surface area contributed by atoms with Crippen LogP contribution in [-0.2, 0) is 6.54 Å². The zero-order valence-corrected chi connectivity index (χ0v) is 15.0. The van der Waals surface area contributed by atoms with E-state index in [4.69, 9.17) is 14.2 Å². The number of hydrogen-bond donors (Lipinski definition) is 1. The van der Waals surface area contributed by atoms with Crippen LogP contribution in [-0.4, -0.2) is 26.7 Å². The molecule has 0 spiro atoms. The molecule has 0 heterocycles. The molecule has 0 bridgehead atoms. The lowest BCUT2D eigenvalue weighted by atomic mass is 10.1. The van der Waals surface area contributed by atoms with Crippen molar-refractivity contribution < 1.29 is 19.0 Å². The monoisotopic (exact) mass is 343 g/mol. The van der Waals surface area contributed by atoms with Crippen LogP contribution < -0.4 is 19.5 Å². The lowest BCUT2D eigenvalue weighted by molar-refractivity contribution is 0.0950. The first kappa shape index (κ1) is 18.6. The first-order valence-corrected chi connectivity index (χ1v) is 8.40. The van der Waals surface area contributed by atoms with E-state index in [-0.39, 0.29) is 5.91 Å². The van der Waals surface area contributed by atoms with Crippen LogP contribution in [0.1, 0.15) is 35.7 Å². The molecule has 0 fully saturated rings. The van der Waals surface area contributed by atoms with E-state index in [2.05, 4.69) is 12.2 Å². The third kappa shape index (κ3) is 5.41. The average Bonchev–Trinajstić information content (AvgIpc) is 2.66. The molecule has 1 N–H and O–H groups in total. The van der Waals surface area contributed by atoms with Crippen LogP contribution in [0.3, 0.4) is 0 Å². The Morgan fingerprint density at radius 1 is 1.00 bits per heavy atom. The topological polar surface area (TPSA) is 56.8 Å². The molecule has 2 aromatic rings. The molecular weight excluding hydrogens is 318 g/mol. The van der Waals surface area contributed by atoms with E-state index in [1.165, 1.54) is 0 Å². The highest BCUT2D eigenvalue weighted by molar-refractivity contribution is 5.94. The number of methoxy groups -OCH3 is 2. The SMILES string of the molecule is CCCCOc1ccc(C(=O)NCc2ccc(OC)cc2)cc1OC. The number of carbonyl (C=O) groups is 1. The lowest BCUT2D eigenvalue weighted by Crippen LogP contribution is -2.22. The maximum Gasteiger partial charge on any atom is 0.251 e. The second-order valence-electron chi connectivity index (χ2n) is 5.60. The summed E-state index contributed by atoms with van der Waals surface area (Å²) in [5.41, 5.74) is 1.54. The van der Waals surface area contributed by atoms with Crippen LogP contribution in [0.25, 0.3) is 0 Å². The number of ether oxygens (including phenoxy) is 3. The van der Waals surface area contributed by atoms with Gasteiger partial charge in [0, 0.05) is 12.1 Å². The van der Waals surface area contributed by atoms with Crippen LogP contribution in [0.15, 0.2) is 42.5 Å². The van der Waals surface area contributed by atoms with Crippen molar-refractivity contribution in [2.45, 2.75) is 26.3 Å². The van der Waals surface area contributed by atoms with Crippen molar-refractivity contribution in [2.75, 3.05) is 20.8 Å². The molecule has 1 amide bonds. The molecule has 0 radical (unpaired) electrons. The van der Waals surface area contributed by atoms with E-state index in [1.807, 2.05) is 24.3 Å². The molecule has 134 valence electrons. The molecule has 0 aliphatic carbocycles. The minimum atomic E-state index is -0.158. The Kier molecular flexibility index (Phi) is 7.14. The highest BCUT2D eigenvalue weighted by Crippen LogP contribution is 2.28. The molecule has 25 heavy (non-hydrogen) atoms. The normalized spacial score (nSPS) is 10.2. The summed E-state index contributed by atoms with van der Waals surface area (Å²) in [4.78, 5) is 12.3. The van der Waals surface area contributed by atoms with Crippen molar-refractivity contribution in [1.29, 1.82) is 0 Å².